The summed E-state index contributed by atoms with van der Waals surface area (Å²) in [6.07, 6.45) is 4.30. The van der Waals surface area contributed by atoms with Crippen LogP contribution in [0.15, 0.2) is 58.4 Å². The molecule has 0 spiro atoms. The topological polar surface area (TPSA) is 80.5 Å². The number of benzene rings is 2. The predicted octanol–water partition coefficient (Wildman–Crippen LogP) is 3.81. The highest BCUT2D eigenvalue weighted by atomic mass is 35.5. The van der Waals surface area contributed by atoms with E-state index in [1.54, 1.807) is 29.8 Å². The van der Waals surface area contributed by atoms with Gasteiger partial charge >= 0.3 is 0 Å². The van der Waals surface area contributed by atoms with Crippen molar-refractivity contribution < 1.29 is 12.8 Å². The summed E-state index contributed by atoms with van der Waals surface area (Å²) < 4.78 is 39.5. The number of rotatable bonds is 6. The Balaban J connectivity index is 1.75. The fourth-order valence-corrected chi connectivity index (χ4v) is 5.06. The van der Waals surface area contributed by atoms with Gasteiger partial charge in [0.1, 0.15) is 5.82 Å². The third kappa shape index (κ3) is 4.45. The zero-order valence-corrected chi connectivity index (χ0v) is 20.1. The molecule has 5 rings (SSSR count). The Kier molecular flexibility index (Phi) is 6.14. The van der Waals surface area contributed by atoms with E-state index in [0.717, 1.165) is 46.2 Å². The van der Waals surface area contributed by atoms with Crippen molar-refractivity contribution >= 4 is 28.2 Å². The first kappa shape index (κ1) is 23.0. The van der Waals surface area contributed by atoms with Crippen LogP contribution >= 0.6 is 11.6 Å². The van der Waals surface area contributed by atoms with E-state index in [1.165, 1.54) is 12.1 Å². The van der Waals surface area contributed by atoms with Gasteiger partial charge in [0.25, 0.3) is 5.56 Å². The minimum Gasteiger partial charge on any atom is -0.318 e. The lowest BCUT2D eigenvalue weighted by molar-refractivity contribution is 0.602. The molecule has 2 aliphatic rings. The van der Waals surface area contributed by atoms with Crippen molar-refractivity contribution in [2.45, 2.75) is 25.3 Å². The van der Waals surface area contributed by atoms with Crippen LogP contribution in [0, 0.1) is 11.7 Å². The second kappa shape index (κ2) is 9.09. The molecule has 176 valence electrons. The third-order valence-electron chi connectivity index (χ3n) is 6.40. The van der Waals surface area contributed by atoms with E-state index in [9.17, 15) is 17.6 Å². The summed E-state index contributed by atoms with van der Waals surface area (Å²) in [5.41, 5.74) is 5.58. The molecule has 0 radical (unpaired) electrons. The molecule has 1 atom stereocenters. The molecule has 1 saturated carbocycles. The van der Waals surface area contributed by atoms with E-state index >= 15 is 0 Å². The van der Waals surface area contributed by atoms with Gasteiger partial charge in [0, 0.05) is 47.6 Å². The van der Waals surface area contributed by atoms with Gasteiger partial charge < -0.3 is 4.57 Å². The van der Waals surface area contributed by atoms with E-state index in [4.69, 9.17) is 16.6 Å². The molecule has 0 amide bonds. The molecule has 6 nitrogen and oxygen atoms in total. The van der Waals surface area contributed by atoms with Crippen LogP contribution < -0.4 is 10.3 Å². The number of fused-ring (bicyclic) bond motifs is 3. The SMILES string of the molecule is Cn1cc2c(cc1=O)[C@H](C1CC1)N=C(c1ccc(F)cc1)c1cc(Cl)c(CCN[SH](=O)=O)cc1-2. The first-order valence-electron chi connectivity index (χ1n) is 11.1. The maximum Gasteiger partial charge on any atom is 0.250 e. The van der Waals surface area contributed by atoms with Gasteiger partial charge in [-0.05, 0) is 78.3 Å². The predicted molar refractivity (Wildman–Crippen MR) is 132 cm³/mol. The average molecular weight is 500 g/mol. The van der Waals surface area contributed by atoms with Crippen LogP contribution in [0.1, 0.15) is 41.1 Å². The Morgan fingerprint density at radius 3 is 2.53 bits per heavy atom. The lowest BCUT2D eigenvalue weighted by Crippen LogP contribution is -2.18. The summed E-state index contributed by atoms with van der Waals surface area (Å²) in [5, 5.41) is 0.493. The monoisotopic (exact) mass is 499 g/mol. The van der Waals surface area contributed by atoms with Crippen molar-refractivity contribution in [3.63, 3.8) is 0 Å². The number of aliphatic imine (C=N–C) groups is 1. The molecular weight excluding hydrogens is 477 g/mol. The fourth-order valence-electron chi connectivity index (χ4n) is 4.51. The highest BCUT2D eigenvalue weighted by molar-refractivity contribution is 7.70. The smallest absolute Gasteiger partial charge is 0.250 e. The number of nitrogens with zero attached hydrogens (tertiary/aromatic N) is 2. The first-order valence-corrected chi connectivity index (χ1v) is 12.6. The van der Waals surface area contributed by atoms with Crippen molar-refractivity contribution in [3.05, 3.63) is 92.1 Å². The lowest BCUT2D eigenvalue weighted by atomic mass is 9.89. The highest BCUT2D eigenvalue weighted by Crippen LogP contribution is 2.48. The van der Waals surface area contributed by atoms with E-state index in [2.05, 4.69) is 4.72 Å². The molecule has 0 bridgehead atoms. The maximum absolute atomic E-state index is 13.7. The summed E-state index contributed by atoms with van der Waals surface area (Å²) in [6, 6.07) is 11.5. The summed E-state index contributed by atoms with van der Waals surface area (Å²) in [6.45, 7) is 0.223. The molecule has 1 N–H and O–H groups in total. The van der Waals surface area contributed by atoms with Crippen molar-refractivity contribution in [1.82, 2.24) is 9.29 Å². The quantitative estimate of drug-likeness (QED) is 0.506. The molecule has 34 heavy (non-hydrogen) atoms. The molecule has 3 aromatic rings. The van der Waals surface area contributed by atoms with Crippen LogP contribution in [0.3, 0.4) is 0 Å². The zero-order chi connectivity index (χ0) is 24.0. The third-order valence-corrected chi connectivity index (χ3v) is 7.23. The van der Waals surface area contributed by atoms with E-state index in [-0.39, 0.29) is 24.0 Å². The highest BCUT2D eigenvalue weighted by Gasteiger charge is 2.37. The number of hydrogen-bond acceptors (Lipinski definition) is 4. The van der Waals surface area contributed by atoms with Gasteiger partial charge in [-0.2, -0.15) is 0 Å². The van der Waals surface area contributed by atoms with Gasteiger partial charge in [-0.3, -0.25) is 9.79 Å². The number of aromatic nitrogens is 1. The molecule has 1 aliphatic heterocycles. The molecule has 1 aliphatic carbocycles. The lowest BCUT2D eigenvalue weighted by Gasteiger charge is -2.17. The van der Waals surface area contributed by atoms with Crippen LogP contribution in [-0.2, 0) is 24.4 Å². The molecule has 0 unspecified atom stereocenters. The van der Waals surface area contributed by atoms with Crippen LogP contribution in [0.25, 0.3) is 11.1 Å². The van der Waals surface area contributed by atoms with Crippen LogP contribution in [0.4, 0.5) is 4.39 Å². The van der Waals surface area contributed by atoms with Gasteiger partial charge in [0.2, 0.25) is 10.9 Å². The fraction of sp³-hybridized carbons (Fsp3) is 0.280. The van der Waals surface area contributed by atoms with Crippen molar-refractivity contribution in [2.75, 3.05) is 6.54 Å². The Bertz CT molecular complexity index is 1430. The zero-order valence-electron chi connectivity index (χ0n) is 18.4. The Morgan fingerprint density at radius 2 is 1.85 bits per heavy atom. The maximum atomic E-state index is 13.7. The largest absolute Gasteiger partial charge is 0.318 e. The van der Waals surface area contributed by atoms with Crippen molar-refractivity contribution in [1.29, 1.82) is 0 Å². The first-order chi connectivity index (χ1) is 16.3. The minimum atomic E-state index is -2.70. The molecule has 1 aromatic heterocycles. The summed E-state index contributed by atoms with van der Waals surface area (Å²) >= 11 is 6.65. The van der Waals surface area contributed by atoms with Gasteiger partial charge in [-0.25, -0.2) is 17.5 Å². The minimum absolute atomic E-state index is 0.107. The van der Waals surface area contributed by atoms with E-state index in [1.807, 2.05) is 18.3 Å². The Labute approximate surface area is 203 Å². The number of thiol groups is 1. The second-order valence-electron chi connectivity index (χ2n) is 8.76. The van der Waals surface area contributed by atoms with Crippen LogP contribution in [0.2, 0.25) is 5.02 Å². The van der Waals surface area contributed by atoms with Gasteiger partial charge in [-0.15, -0.1) is 0 Å². The van der Waals surface area contributed by atoms with E-state index in [0.29, 0.717) is 23.1 Å². The molecule has 9 heteroatoms. The average Bonchev–Trinajstić information content (AvgIpc) is 3.64. The summed E-state index contributed by atoms with van der Waals surface area (Å²) in [7, 11) is -0.983. The molecular formula is C25H23ClFN3O3S. The molecule has 2 aromatic carbocycles. The van der Waals surface area contributed by atoms with Gasteiger partial charge in [-0.1, -0.05) is 11.6 Å². The Hall–Kier alpha value is -2.81. The number of nitrogens with one attached hydrogen (secondary N) is 1. The van der Waals surface area contributed by atoms with Crippen LogP contribution in [-0.4, -0.2) is 25.2 Å². The Morgan fingerprint density at radius 1 is 1.12 bits per heavy atom. The molecule has 0 saturated heterocycles. The standard InChI is InChI=1S/C25H23ClFN3O3S/c1-30-13-21-18-10-16(8-9-28-34(32)33)22(26)11-19(18)24(15-4-6-17(27)7-5-15)29-25(14-2-3-14)20(21)12-23(30)31/h4-7,10-14,25,34H,2-3,8-9H2,1H3,(H,28,32,33)/t25-/m0/s1. The molecule has 1 fully saturated rings. The molecule has 2 heterocycles. The number of aryl methyl sites for hydroxylation is 1. The van der Waals surface area contributed by atoms with Crippen molar-refractivity contribution in [3.8, 4) is 11.1 Å². The van der Waals surface area contributed by atoms with Gasteiger partial charge in [0.05, 0.1) is 11.8 Å². The van der Waals surface area contributed by atoms with Crippen molar-refractivity contribution in [2.24, 2.45) is 18.0 Å². The second-order valence-corrected chi connectivity index (χ2v) is 10.0. The summed E-state index contributed by atoms with van der Waals surface area (Å²) in [5.74, 6) is 0.00366. The number of halogens is 2. The van der Waals surface area contributed by atoms with Gasteiger partial charge in [0.15, 0.2) is 0 Å². The van der Waals surface area contributed by atoms with E-state index < -0.39 is 10.9 Å². The normalized spacial score (nSPS) is 17.2. The summed E-state index contributed by atoms with van der Waals surface area (Å²) in [4.78, 5) is 17.7. The van der Waals surface area contributed by atoms with Crippen LogP contribution in [0.5, 0.6) is 0 Å². The number of hydrogen-bond donors (Lipinski definition) is 2. The number of pyridine rings is 1.